The molecule has 1 aliphatic heterocycles. The maximum Gasteiger partial charge on any atom is 0.0395 e. The maximum atomic E-state index is 2.18. The summed E-state index contributed by atoms with van der Waals surface area (Å²) >= 11 is 6.15. The number of hydrogen-bond acceptors (Lipinski definition) is 3. The van der Waals surface area contributed by atoms with Gasteiger partial charge in [0.2, 0.25) is 0 Å². The molecular weight excluding hydrogens is 156 g/mol. The van der Waals surface area contributed by atoms with E-state index in [9.17, 15) is 0 Å². The lowest BCUT2D eigenvalue weighted by Gasteiger charge is -2.01. The molecule has 1 fully saturated rings. The SMILES string of the molecule is CSCC1CSCS1. The van der Waals surface area contributed by atoms with Gasteiger partial charge in [-0.1, -0.05) is 0 Å². The van der Waals surface area contributed by atoms with Crippen LogP contribution in [0.15, 0.2) is 0 Å². The molecule has 0 nitrogen and oxygen atoms in total. The van der Waals surface area contributed by atoms with Crippen molar-refractivity contribution >= 4 is 35.3 Å². The van der Waals surface area contributed by atoms with E-state index >= 15 is 0 Å². The Morgan fingerprint density at radius 2 is 2.62 bits per heavy atom. The third-order valence-electron chi connectivity index (χ3n) is 1.04. The zero-order valence-electron chi connectivity index (χ0n) is 4.92. The van der Waals surface area contributed by atoms with Crippen molar-refractivity contribution in [3.05, 3.63) is 0 Å². The quantitative estimate of drug-likeness (QED) is 0.617. The second-order valence-corrected chi connectivity index (χ2v) is 5.33. The van der Waals surface area contributed by atoms with Gasteiger partial charge in [-0.3, -0.25) is 0 Å². The molecule has 0 aliphatic carbocycles. The summed E-state index contributed by atoms with van der Waals surface area (Å²) in [5.74, 6) is 2.73. The second-order valence-electron chi connectivity index (χ2n) is 1.73. The molecule has 0 aromatic carbocycles. The summed E-state index contributed by atoms with van der Waals surface area (Å²) in [6.45, 7) is 0. The van der Waals surface area contributed by atoms with Crippen LogP contribution in [-0.4, -0.2) is 28.1 Å². The summed E-state index contributed by atoms with van der Waals surface area (Å²) in [6, 6.07) is 0. The van der Waals surface area contributed by atoms with Crippen molar-refractivity contribution in [2.45, 2.75) is 5.25 Å². The first-order valence-electron chi connectivity index (χ1n) is 2.62. The zero-order chi connectivity index (χ0) is 5.82. The Kier molecular flexibility index (Phi) is 3.55. The van der Waals surface area contributed by atoms with Gasteiger partial charge in [0.15, 0.2) is 0 Å². The van der Waals surface area contributed by atoms with Gasteiger partial charge < -0.3 is 0 Å². The molecule has 1 atom stereocenters. The van der Waals surface area contributed by atoms with Crippen LogP contribution in [0.1, 0.15) is 0 Å². The number of rotatable bonds is 2. The van der Waals surface area contributed by atoms with Crippen LogP contribution in [0.2, 0.25) is 0 Å². The van der Waals surface area contributed by atoms with E-state index in [-0.39, 0.29) is 0 Å². The molecule has 0 amide bonds. The van der Waals surface area contributed by atoms with Crippen molar-refractivity contribution in [3.63, 3.8) is 0 Å². The third kappa shape index (κ3) is 2.11. The molecule has 1 heterocycles. The molecule has 1 rings (SSSR count). The normalized spacial score (nSPS) is 28.9. The van der Waals surface area contributed by atoms with E-state index in [0.29, 0.717) is 0 Å². The van der Waals surface area contributed by atoms with E-state index in [1.54, 1.807) is 0 Å². The standard InChI is InChI=1S/C5H10S3/c1-6-2-5-3-7-4-8-5/h5H,2-4H2,1H3. The van der Waals surface area contributed by atoms with Gasteiger partial charge in [-0.2, -0.15) is 11.8 Å². The van der Waals surface area contributed by atoms with E-state index in [2.05, 4.69) is 29.8 Å². The Morgan fingerprint density at radius 3 is 3.12 bits per heavy atom. The van der Waals surface area contributed by atoms with Gasteiger partial charge in [-0.15, -0.1) is 23.5 Å². The average Bonchev–Trinajstić information content (AvgIpc) is 2.19. The van der Waals surface area contributed by atoms with E-state index in [0.717, 1.165) is 5.25 Å². The van der Waals surface area contributed by atoms with Gasteiger partial charge in [-0.25, -0.2) is 0 Å². The van der Waals surface area contributed by atoms with Crippen LogP contribution < -0.4 is 0 Å². The van der Waals surface area contributed by atoms with Crippen molar-refractivity contribution in [1.82, 2.24) is 0 Å². The molecule has 48 valence electrons. The predicted molar refractivity (Wildman–Crippen MR) is 47.1 cm³/mol. The van der Waals surface area contributed by atoms with Crippen LogP contribution in [0, 0.1) is 0 Å². The molecule has 0 aromatic heterocycles. The van der Waals surface area contributed by atoms with Crippen LogP contribution in [-0.2, 0) is 0 Å². The van der Waals surface area contributed by atoms with Gasteiger partial charge in [-0.05, 0) is 6.26 Å². The molecular formula is C5H10S3. The predicted octanol–water partition coefficient (Wildman–Crippen LogP) is 2.16. The van der Waals surface area contributed by atoms with E-state index in [4.69, 9.17) is 0 Å². The largest absolute Gasteiger partial charge is 0.164 e. The lowest BCUT2D eigenvalue weighted by Crippen LogP contribution is -2.02. The molecule has 0 bridgehead atoms. The lowest BCUT2D eigenvalue weighted by molar-refractivity contribution is 1.17. The highest BCUT2D eigenvalue weighted by molar-refractivity contribution is 8.19. The Labute approximate surface area is 63.6 Å². The Morgan fingerprint density at radius 1 is 1.75 bits per heavy atom. The van der Waals surface area contributed by atoms with E-state index in [1.165, 1.54) is 16.6 Å². The second kappa shape index (κ2) is 3.96. The smallest absolute Gasteiger partial charge is 0.0395 e. The Hall–Kier alpha value is 1.05. The number of hydrogen-bond donors (Lipinski definition) is 0. The third-order valence-corrected chi connectivity index (χ3v) is 4.85. The molecule has 0 saturated carbocycles. The molecule has 1 unspecified atom stereocenters. The monoisotopic (exact) mass is 166 g/mol. The van der Waals surface area contributed by atoms with Crippen molar-refractivity contribution in [2.75, 3.05) is 22.8 Å². The highest BCUT2D eigenvalue weighted by Gasteiger charge is 2.14. The fourth-order valence-electron chi connectivity index (χ4n) is 0.654. The minimum Gasteiger partial charge on any atom is -0.164 e. The molecule has 0 aromatic rings. The van der Waals surface area contributed by atoms with Crippen LogP contribution in [0.3, 0.4) is 0 Å². The van der Waals surface area contributed by atoms with Crippen molar-refractivity contribution in [2.24, 2.45) is 0 Å². The molecule has 3 heteroatoms. The van der Waals surface area contributed by atoms with Gasteiger partial charge in [0.05, 0.1) is 0 Å². The summed E-state index contributed by atoms with van der Waals surface area (Å²) in [5, 5.41) is 2.28. The summed E-state index contributed by atoms with van der Waals surface area (Å²) in [6.07, 6.45) is 2.18. The van der Waals surface area contributed by atoms with E-state index in [1.807, 2.05) is 11.8 Å². The zero-order valence-corrected chi connectivity index (χ0v) is 7.37. The summed E-state index contributed by atoms with van der Waals surface area (Å²) in [4.78, 5) is 0. The molecule has 1 saturated heterocycles. The number of thioether (sulfide) groups is 3. The van der Waals surface area contributed by atoms with Crippen molar-refractivity contribution in [1.29, 1.82) is 0 Å². The average molecular weight is 166 g/mol. The van der Waals surface area contributed by atoms with Gasteiger partial charge in [0, 0.05) is 21.8 Å². The fourth-order valence-corrected chi connectivity index (χ4v) is 4.68. The topological polar surface area (TPSA) is 0 Å². The first kappa shape index (κ1) is 7.16. The van der Waals surface area contributed by atoms with Crippen LogP contribution in [0.25, 0.3) is 0 Å². The summed E-state index contributed by atoms with van der Waals surface area (Å²) in [5.41, 5.74) is 0. The van der Waals surface area contributed by atoms with Crippen molar-refractivity contribution < 1.29 is 0 Å². The maximum absolute atomic E-state index is 2.18. The molecule has 0 radical (unpaired) electrons. The van der Waals surface area contributed by atoms with Crippen LogP contribution in [0.4, 0.5) is 0 Å². The highest BCUT2D eigenvalue weighted by Crippen LogP contribution is 2.30. The van der Waals surface area contributed by atoms with Crippen LogP contribution >= 0.6 is 35.3 Å². The van der Waals surface area contributed by atoms with Gasteiger partial charge in [0.1, 0.15) is 0 Å². The molecule has 8 heavy (non-hydrogen) atoms. The van der Waals surface area contributed by atoms with Crippen LogP contribution in [0.5, 0.6) is 0 Å². The fraction of sp³-hybridized carbons (Fsp3) is 1.00. The lowest BCUT2D eigenvalue weighted by atomic mass is 10.6. The minimum absolute atomic E-state index is 0.954. The first-order chi connectivity index (χ1) is 3.93. The Balaban J connectivity index is 2.06. The minimum atomic E-state index is 0.954. The molecule has 0 N–H and O–H groups in total. The van der Waals surface area contributed by atoms with Gasteiger partial charge >= 0.3 is 0 Å². The highest BCUT2D eigenvalue weighted by atomic mass is 32.2. The summed E-state index contributed by atoms with van der Waals surface area (Å²) in [7, 11) is 0. The summed E-state index contributed by atoms with van der Waals surface area (Å²) < 4.78 is 0. The molecule has 1 aliphatic rings. The van der Waals surface area contributed by atoms with E-state index < -0.39 is 0 Å². The Bertz CT molecular complexity index is 58.7. The van der Waals surface area contributed by atoms with Crippen molar-refractivity contribution in [3.8, 4) is 0 Å². The van der Waals surface area contributed by atoms with Gasteiger partial charge in [0.25, 0.3) is 0 Å². The molecule has 0 spiro atoms. The first-order valence-corrected chi connectivity index (χ1v) is 6.21.